The molecule has 3 heterocycles. The van der Waals surface area contributed by atoms with Crippen LogP contribution >= 0.6 is 0 Å². The Labute approximate surface area is 163 Å². The number of amides is 2. The normalized spacial score (nSPS) is 20.0. The zero-order valence-electron chi connectivity index (χ0n) is 16.2. The highest BCUT2D eigenvalue weighted by molar-refractivity contribution is 6.21. The van der Waals surface area contributed by atoms with E-state index >= 15 is 0 Å². The van der Waals surface area contributed by atoms with Crippen LogP contribution in [0.15, 0.2) is 58.8 Å². The molecule has 6 heteroatoms. The summed E-state index contributed by atoms with van der Waals surface area (Å²) >= 11 is 0. The molecule has 4 rings (SSSR count). The summed E-state index contributed by atoms with van der Waals surface area (Å²) in [5.41, 5.74) is 3.57. The van der Waals surface area contributed by atoms with Crippen molar-refractivity contribution in [3.63, 3.8) is 0 Å². The predicted molar refractivity (Wildman–Crippen MR) is 103 cm³/mol. The highest BCUT2D eigenvalue weighted by Crippen LogP contribution is 2.37. The van der Waals surface area contributed by atoms with Crippen LogP contribution in [-0.4, -0.2) is 21.9 Å². The highest BCUT2D eigenvalue weighted by atomic mass is 16.5. The Bertz CT molecular complexity index is 1060. The molecule has 0 N–H and O–H groups in total. The quantitative estimate of drug-likeness (QED) is 0.607. The number of hydrogen-bond acceptors (Lipinski definition) is 4. The molecule has 6 nitrogen and oxygen atoms in total. The van der Waals surface area contributed by atoms with Crippen molar-refractivity contribution < 1.29 is 18.7 Å². The molecule has 142 valence electrons. The number of allylic oxidation sites excluding steroid dienone is 1. The zero-order valence-corrected chi connectivity index (χ0v) is 16.2. The van der Waals surface area contributed by atoms with Crippen molar-refractivity contribution in [2.45, 2.75) is 26.3 Å². The Balaban J connectivity index is 1.63. The zero-order chi connectivity index (χ0) is 20.0. The Morgan fingerprint density at radius 1 is 1.36 bits per heavy atom. The van der Waals surface area contributed by atoms with Crippen molar-refractivity contribution >= 4 is 17.9 Å². The van der Waals surface area contributed by atoms with E-state index in [1.165, 1.54) is 4.90 Å². The summed E-state index contributed by atoms with van der Waals surface area (Å²) < 4.78 is 7.46. The van der Waals surface area contributed by atoms with E-state index in [4.69, 9.17) is 4.52 Å². The highest BCUT2D eigenvalue weighted by Gasteiger charge is 2.43. The number of aryl methyl sites for hydroxylation is 1. The lowest BCUT2D eigenvalue weighted by molar-refractivity contribution is -0.673. The fourth-order valence-electron chi connectivity index (χ4n) is 3.78. The lowest BCUT2D eigenvalue weighted by Gasteiger charge is -2.21. The number of rotatable bonds is 4. The van der Waals surface area contributed by atoms with Gasteiger partial charge in [0, 0.05) is 41.0 Å². The lowest BCUT2D eigenvalue weighted by atomic mass is 9.90. The molecule has 0 spiro atoms. The standard InChI is InChI=1S/C22H22N3O3/c1-5-16-11-15(9-10-24(16)4)18-12-19(28-23-18)14(3)25-21(26)17-8-6-7-13(2)20(17)22(25)27/h5-6,8-14H,1,7H2,2-4H3/q+1. The summed E-state index contributed by atoms with van der Waals surface area (Å²) in [6.07, 6.45) is 8.16. The van der Waals surface area contributed by atoms with Gasteiger partial charge in [0.1, 0.15) is 12.7 Å². The summed E-state index contributed by atoms with van der Waals surface area (Å²) in [4.78, 5) is 27.0. The first-order chi connectivity index (χ1) is 13.4. The van der Waals surface area contributed by atoms with E-state index < -0.39 is 6.04 Å². The van der Waals surface area contributed by atoms with Crippen molar-refractivity contribution in [3.05, 3.63) is 65.7 Å². The average molecular weight is 376 g/mol. The molecule has 1 aliphatic carbocycles. The SMILES string of the molecule is C=Cc1cc(-c2cc(C(C)N3C(=O)C4=C(C3=O)C(C)CC=C4)on2)cc[n+]1C. The number of aromatic nitrogens is 2. The van der Waals surface area contributed by atoms with Gasteiger partial charge in [0.25, 0.3) is 11.8 Å². The van der Waals surface area contributed by atoms with Crippen LogP contribution in [0.25, 0.3) is 17.3 Å². The monoisotopic (exact) mass is 376 g/mol. The van der Waals surface area contributed by atoms with Crippen molar-refractivity contribution in [1.29, 1.82) is 0 Å². The second kappa shape index (κ2) is 6.71. The van der Waals surface area contributed by atoms with Crippen LogP contribution in [0.2, 0.25) is 0 Å². The molecule has 0 saturated carbocycles. The summed E-state index contributed by atoms with van der Waals surface area (Å²) in [5.74, 6) is 0.0137. The molecule has 0 fully saturated rings. The largest absolute Gasteiger partial charge is 0.359 e. The second-order valence-corrected chi connectivity index (χ2v) is 7.29. The van der Waals surface area contributed by atoms with Gasteiger partial charge < -0.3 is 4.52 Å². The fraction of sp³-hybridized carbons (Fsp3) is 0.273. The molecule has 0 saturated heterocycles. The summed E-state index contributed by atoms with van der Waals surface area (Å²) in [6.45, 7) is 7.57. The first-order valence-corrected chi connectivity index (χ1v) is 9.30. The molecule has 2 aliphatic rings. The third-order valence-electron chi connectivity index (χ3n) is 5.48. The van der Waals surface area contributed by atoms with Gasteiger partial charge in [-0.25, -0.2) is 4.57 Å². The summed E-state index contributed by atoms with van der Waals surface area (Å²) in [6, 6.07) is 5.13. The molecule has 1 aliphatic heterocycles. The van der Waals surface area contributed by atoms with E-state index in [1.54, 1.807) is 25.1 Å². The van der Waals surface area contributed by atoms with Crippen molar-refractivity contribution in [2.75, 3.05) is 0 Å². The van der Waals surface area contributed by atoms with E-state index in [9.17, 15) is 9.59 Å². The minimum Gasteiger partial charge on any atom is -0.359 e. The molecule has 28 heavy (non-hydrogen) atoms. The van der Waals surface area contributed by atoms with E-state index in [2.05, 4.69) is 11.7 Å². The number of nitrogens with zero attached hydrogens (tertiary/aromatic N) is 3. The van der Waals surface area contributed by atoms with Gasteiger partial charge in [-0.2, -0.15) is 0 Å². The van der Waals surface area contributed by atoms with Crippen LogP contribution in [0.1, 0.15) is 37.8 Å². The van der Waals surface area contributed by atoms with Gasteiger partial charge in [0.05, 0.1) is 6.04 Å². The van der Waals surface area contributed by atoms with Gasteiger partial charge in [0.2, 0.25) is 5.69 Å². The minimum atomic E-state index is -0.536. The molecule has 0 bridgehead atoms. The predicted octanol–water partition coefficient (Wildman–Crippen LogP) is 3.13. The van der Waals surface area contributed by atoms with E-state index in [0.29, 0.717) is 22.6 Å². The molecule has 2 atom stereocenters. The van der Waals surface area contributed by atoms with Gasteiger partial charge in [0.15, 0.2) is 12.0 Å². The Kier molecular flexibility index (Phi) is 4.34. The second-order valence-electron chi connectivity index (χ2n) is 7.29. The molecule has 2 amide bonds. The van der Waals surface area contributed by atoms with Crippen LogP contribution in [0.4, 0.5) is 0 Å². The summed E-state index contributed by atoms with van der Waals surface area (Å²) in [5, 5.41) is 4.14. The van der Waals surface area contributed by atoms with Crippen LogP contribution in [0.5, 0.6) is 0 Å². The smallest absolute Gasteiger partial charge is 0.261 e. The van der Waals surface area contributed by atoms with Crippen LogP contribution < -0.4 is 4.57 Å². The van der Waals surface area contributed by atoms with E-state index in [0.717, 1.165) is 17.7 Å². The average Bonchev–Trinajstić information content (AvgIpc) is 3.27. The first kappa shape index (κ1) is 18.1. The maximum atomic E-state index is 12.9. The number of carbonyl (C=O) groups is 2. The van der Waals surface area contributed by atoms with Crippen molar-refractivity contribution in [2.24, 2.45) is 13.0 Å². The minimum absolute atomic E-state index is 0.0429. The molecule has 2 aromatic heterocycles. The Morgan fingerprint density at radius 3 is 2.86 bits per heavy atom. The lowest BCUT2D eigenvalue weighted by Crippen LogP contribution is -2.34. The van der Waals surface area contributed by atoms with Crippen LogP contribution in [-0.2, 0) is 16.6 Å². The van der Waals surface area contributed by atoms with Crippen molar-refractivity contribution in [3.8, 4) is 11.3 Å². The third kappa shape index (κ3) is 2.72. The van der Waals surface area contributed by atoms with E-state index in [1.807, 2.05) is 42.9 Å². The van der Waals surface area contributed by atoms with Gasteiger partial charge in [-0.1, -0.05) is 30.8 Å². The Morgan fingerprint density at radius 2 is 2.14 bits per heavy atom. The van der Waals surface area contributed by atoms with Crippen LogP contribution in [0, 0.1) is 5.92 Å². The first-order valence-electron chi connectivity index (χ1n) is 9.30. The Hall–Kier alpha value is -3.28. The third-order valence-corrected chi connectivity index (χ3v) is 5.48. The van der Waals surface area contributed by atoms with E-state index in [-0.39, 0.29) is 17.7 Å². The number of carbonyl (C=O) groups excluding carboxylic acids is 2. The fourth-order valence-corrected chi connectivity index (χ4v) is 3.78. The molecule has 0 radical (unpaired) electrons. The molecular weight excluding hydrogens is 354 g/mol. The molecule has 2 aromatic rings. The van der Waals surface area contributed by atoms with Gasteiger partial charge >= 0.3 is 0 Å². The topological polar surface area (TPSA) is 67.3 Å². The van der Waals surface area contributed by atoms with Crippen LogP contribution in [0.3, 0.4) is 0 Å². The molecular formula is C22H22N3O3+. The van der Waals surface area contributed by atoms with Gasteiger partial charge in [-0.05, 0) is 19.3 Å². The maximum Gasteiger partial charge on any atom is 0.261 e. The molecule has 0 aromatic carbocycles. The van der Waals surface area contributed by atoms with Gasteiger partial charge in [-0.15, -0.1) is 0 Å². The summed E-state index contributed by atoms with van der Waals surface area (Å²) in [7, 11) is 1.94. The molecule has 2 unspecified atom stereocenters. The van der Waals surface area contributed by atoms with Gasteiger partial charge in [-0.3, -0.25) is 14.5 Å². The van der Waals surface area contributed by atoms with Crippen molar-refractivity contribution in [1.82, 2.24) is 10.1 Å². The number of imide groups is 1. The number of hydrogen-bond donors (Lipinski definition) is 0. The maximum absolute atomic E-state index is 12.9. The number of pyridine rings is 1.